The highest BCUT2D eigenvalue weighted by Gasteiger charge is 2.43. The van der Waals surface area contributed by atoms with E-state index in [9.17, 15) is 24.0 Å². The molecule has 2 aromatic rings. The molecule has 340 valence electrons. The van der Waals surface area contributed by atoms with Crippen LogP contribution in [0, 0.1) is 23.7 Å². The van der Waals surface area contributed by atoms with Crippen LogP contribution in [0.4, 0.5) is 5.69 Å². The highest BCUT2D eigenvalue weighted by atomic mass is 16.5. The number of esters is 1. The van der Waals surface area contributed by atoms with Crippen LogP contribution >= 0.6 is 0 Å². The first-order valence-electron chi connectivity index (χ1n) is 21.8. The third-order valence-electron chi connectivity index (χ3n) is 12.3. The summed E-state index contributed by atoms with van der Waals surface area (Å²) >= 11 is 0. The number of amides is 4. The summed E-state index contributed by atoms with van der Waals surface area (Å²) in [5.41, 5.74) is 8.53. The number of benzene rings is 2. The summed E-state index contributed by atoms with van der Waals surface area (Å²) in [7, 11) is 7.99. The van der Waals surface area contributed by atoms with Crippen molar-refractivity contribution in [3.05, 3.63) is 65.7 Å². The molecule has 1 aliphatic rings. The van der Waals surface area contributed by atoms with E-state index >= 15 is 0 Å². The van der Waals surface area contributed by atoms with E-state index in [1.165, 1.54) is 14.2 Å². The van der Waals surface area contributed by atoms with E-state index in [-0.39, 0.29) is 54.2 Å². The van der Waals surface area contributed by atoms with Crippen molar-refractivity contribution in [2.24, 2.45) is 23.7 Å². The van der Waals surface area contributed by atoms with Crippen molar-refractivity contribution in [3.8, 4) is 0 Å². The van der Waals surface area contributed by atoms with E-state index in [1.54, 1.807) is 30.9 Å². The van der Waals surface area contributed by atoms with Gasteiger partial charge in [-0.3, -0.25) is 24.1 Å². The summed E-state index contributed by atoms with van der Waals surface area (Å²) in [6.07, 6.45) is 0.966. The maximum absolute atomic E-state index is 14.5. The second-order valence-corrected chi connectivity index (χ2v) is 17.4. The molecule has 1 fully saturated rings. The number of rotatable bonds is 23. The molecule has 1 saturated heterocycles. The lowest BCUT2D eigenvalue weighted by atomic mass is 9.89. The van der Waals surface area contributed by atoms with Gasteiger partial charge in [0.15, 0.2) is 0 Å². The van der Waals surface area contributed by atoms with Gasteiger partial charge in [-0.2, -0.15) is 0 Å². The number of anilines is 1. The van der Waals surface area contributed by atoms with Crippen LogP contribution in [-0.4, -0.2) is 129 Å². The fourth-order valence-corrected chi connectivity index (χ4v) is 8.86. The Morgan fingerprint density at radius 1 is 0.852 bits per heavy atom. The first-order valence-corrected chi connectivity index (χ1v) is 21.8. The van der Waals surface area contributed by atoms with Gasteiger partial charge < -0.3 is 40.4 Å². The van der Waals surface area contributed by atoms with Gasteiger partial charge in [-0.1, -0.05) is 97.4 Å². The maximum atomic E-state index is 14.5. The smallest absolute Gasteiger partial charge is 0.328 e. The lowest BCUT2D eigenvalue weighted by Gasteiger charge is -2.41. The minimum absolute atomic E-state index is 0.0128. The Morgan fingerprint density at radius 2 is 1.51 bits per heavy atom. The molecule has 3 rings (SSSR count). The van der Waals surface area contributed by atoms with E-state index in [4.69, 9.17) is 19.9 Å². The van der Waals surface area contributed by atoms with Crippen LogP contribution in [0.15, 0.2) is 54.6 Å². The van der Waals surface area contributed by atoms with Crippen molar-refractivity contribution >= 4 is 35.3 Å². The Labute approximate surface area is 364 Å². The average molecular weight is 851 g/mol. The number of nitrogens with two attached hydrogens (primary N) is 1. The molecule has 1 heterocycles. The minimum atomic E-state index is -0.901. The van der Waals surface area contributed by atoms with Gasteiger partial charge in [-0.15, -0.1) is 0 Å². The molecule has 1 aliphatic heterocycles. The van der Waals surface area contributed by atoms with E-state index in [0.717, 1.165) is 17.5 Å². The molecule has 61 heavy (non-hydrogen) atoms. The quantitative estimate of drug-likeness (QED) is 0.105. The van der Waals surface area contributed by atoms with Crippen molar-refractivity contribution in [3.63, 3.8) is 0 Å². The third-order valence-corrected chi connectivity index (χ3v) is 12.3. The topological polar surface area (TPSA) is 173 Å². The summed E-state index contributed by atoms with van der Waals surface area (Å²) in [4.78, 5) is 74.8. The van der Waals surface area contributed by atoms with E-state index in [2.05, 4.69) is 10.6 Å². The Balaban J connectivity index is 1.79. The maximum Gasteiger partial charge on any atom is 0.328 e. The first kappa shape index (κ1) is 50.8. The lowest BCUT2D eigenvalue weighted by molar-refractivity contribution is -0.149. The zero-order valence-corrected chi connectivity index (χ0v) is 38.7. The van der Waals surface area contributed by atoms with Crippen molar-refractivity contribution < 1.29 is 38.2 Å². The molecule has 4 amide bonds. The largest absolute Gasteiger partial charge is 0.467 e. The predicted molar refractivity (Wildman–Crippen MR) is 238 cm³/mol. The van der Waals surface area contributed by atoms with Gasteiger partial charge in [0, 0.05) is 46.5 Å². The van der Waals surface area contributed by atoms with Crippen LogP contribution in [0.2, 0.25) is 0 Å². The highest BCUT2D eigenvalue weighted by Crippen LogP contribution is 2.30. The molecule has 2 aromatic carbocycles. The number of carbonyl (C=O) groups is 5. The summed E-state index contributed by atoms with van der Waals surface area (Å²) in [5.74, 6) is -2.68. The lowest BCUT2D eigenvalue weighted by Crippen LogP contribution is -2.60. The van der Waals surface area contributed by atoms with Crippen LogP contribution in [0.3, 0.4) is 0 Å². The number of nitrogen functional groups attached to an aromatic ring is 1. The van der Waals surface area contributed by atoms with Crippen molar-refractivity contribution in [2.45, 2.75) is 130 Å². The molecule has 0 spiro atoms. The normalized spacial score (nSPS) is 18.1. The number of carbonyl (C=O) groups excluding carboxylic acids is 5. The minimum Gasteiger partial charge on any atom is -0.467 e. The fraction of sp³-hybridized carbons (Fsp3) is 0.638. The van der Waals surface area contributed by atoms with Crippen LogP contribution in [0.25, 0.3) is 0 Å². The van der Waals surface area contributed by atoms with Crippen molar-refractivity contribution in [1.29, 1.82) is 0 Å². The molecular weight excluding hydrogens is 777 g/mol. The zero-order valence-electron chi connectivity index (χ0n) is 38.7. The molecular formula is C47H74N6O8. The van der Waals surface area contributed by atoms with Gasteiger partial charge in [0.05, 0.1) is 49.8 Å². The molecule has 0 bridgehead atoms. The number of nitrogens with one attached hydrogen (secondary N) is 2. The number of hydrogen-bond donors (Lipinski definition) is 3. The van der Waals surface area contributed by atoms with Gasteiger partial charge in [0.25, 0.3) is 0 Å². The molecule has 0 aliphatic carbocycles. The monoisotopic (exact) mass is 851 g/mol. The second-order valence-electron chi connectivity index (χ2n) is 17.4. The van der Waals surface area contributed by atoms with E-state index < -0.39 is 54.3 Å². The molecule has 4 N–H and O–H groups in total. The van der Waals surface area contributed by atoms with Crippen LogP contribution in [-0.2, 0) is 51.1 Å². The Hall–Kier alpha value is -4.53. The number of likely N-dealkylation sites (N-methyl/N-ethyl adjacent to an activating group) is 2. The van der Waals surface area contributed by atoms with Gasteiger partial charge in [0.2, 0.25) is 23.6 Å². The van der Waals surface area contributed by atoms with Crippen LogP contribution < -0.4 is 16.4 Å². The highest BCUT2D eigenvalue weighted by molar-refractivity contribution is 5.90. The van der Waals surface area contributed by atoms with Gasteiger partial charge >= 0.3 is 5.97 Å². The average Bonchev–Trinajstić information content (AvgIpc) is 3.71. The number of methoxy groups -OCH3 is 3. The van der Waals surface area contributed by atoms with Crippen molar-refractivity contribution in [2.75, 3.05) is 47.7 Å². The Morgan fingerprint density at radius 3 is 2.07 bits per heavy atom. The standard InChI is InChI=1S/C47H74N6O8/c1-13-31(6)42(52(9)46(57)40(29(2)3)50-45(56)41(30(4)5)51(8)28-34-21-17-22-35(48)25-34)38(59-10)27-39(54)53-24-18-23-37(53)43(60-11)32(7)44(55)49-36(47(58)61-12)26-33-19-15-14-16-20-33/h14-17,19-22,25,29-32,36-38,40-43H,13,18,23-24,26-28,48H2,1-12H3,(H,49,55)(H,50,56). The Kier molecular flexibility index (Phi) is 20.2. The SMILES string of the molecule is CCC(C)C(C(CC(=O)N1CCCC1C(OC)C(C)C(=O)NC(Cc1ccccc1)C(=O)OC)OC)N(C)C(=O)C(NC(=O)C(C(C)C)N(C)Cc1cccc(N)c1)C(C)C. The molecule has 9 unspecified atom stereocenters. The summed E-state index contributed by atoms with van der Waals surface area (Å²) in [6.45, 7) is 14.6. The molecule has 14 nitrogen and oxygen atoms in total. The molecule has 9 atom stereocenters. The number of nitrogens with zero attached hydrogens (tertiary/aromatic N) is 3. The predicted octanol–water partition coefficient (Wildman–Crippen LogP) is 4.69. The summed E-state index contributed by atoms with van der Waals surface area (Å²) in [6, 6.07) is 13.8. The number of hydrogen-bond acceptors (Lipinski definition) is 10. The molecule has 0 saturated carbocycles. The second kappa shape index (κ2) is 24.2. The number of ether oxygens (including phenoxy) is 3. The van der Waals surface area contributed by atoms with E-state index in [0.29, 0.717) is 31.6 Å². The molecule has 0 radical (unpaired) electrons. The number of likely N-dealkylation sites (tertiary alicyclic amines) is 1. The van der Waals surface area contributed by atoms with E-state index in [1.807, 2.05) is 108 Å². The molecule has 14 heteroatoms. The van der Waals surface area contributed by atoms with Crippen molar-refractivity contribution in [1.82, 2.24) is 25.3 Å². The molecule has 0 aromatic heterocycles. The van der Waals surface area contributed by atoms with Crippen LogP contribution in [0.5, 0.6) is 0 Å². The Bertz CT molecular complexity index is 1730. The van der Waals surface area contributed by atoms with Gasteiger partial charge in [0.1, 0.15) is 12.1 Å². The summed E-state index contributed by atoms with van der Waals surface area (Å²) in [5, 5.41) is 5.97. The zero-order chi connectivity index (χ0) is 45.6. The van der Waals surface area contributed by atoms with Gasteiger partial charge in [-0.05, 0) is 60.9 Å². The summed E-state index contributed by atoms with van der Waals surface area (Å²) < 4.78 is 17.0. The first-order chi connectivity index (χ1) is 28.9. The van der Waals surface area contributed by atoms with Gasteiger partial charge in [-0.25, -0.2) is 4.79 Å². The third kappa shape index (κ3) is 13.7. The van der Waals surface area contributed by atoms with Crippen LogP contribution in [0.1, 0.15) is 85.3 Å². The fourth-order valence-electron chi connectivity index (χ4n) is 8.86.